The number of anilines is 1. The standard InChI is InChI=1S/C25H25N3O4S/c1-18-9-10-21-23(16-18)32-25(27-21)28-14-11-20(12-15-28)31-22-7-3-2-6-19(22)17-33(29,30)24-8-4-5-13-26-24/h2-10,13,16,20H,11-12,14-15,17H2,1H3. The predicted molar refractivity (Wildman–Crippen MR) is 126 cm³/mol. The van der Waals surface area contributed by atoms with Gasteiger partial charge in [0.1, 0.15) is 17.4 Å². The summed E-state index contributed by atoms with van der Waals surface area (Å²) in [6.07, 6.45) is 3.06. The molecule has 0 unspecified atom stereocenters. The third-order valence-electron chi connectivity index (χ3n) is 5.81. The molecule has 0 spiro atoms. The summed E-state index contributed by atoms with van der Waals surface area (Å²) < 4.78 is 37.8. The molecule has 2 aromatic carbocycles. The normalized spacial score (nSPS) is 15.1. The molecule has 33 heavy (non-hydrogen) atoms. The Labute approximate surface area is 193 Å². The topological polar surface area (TPSA) is 85.5 Å². The van der Waals surface area contributed by atoms with Crippen molar-refractivity contribution in [3.05, 3.63) is 78.0 Å². The van der Waals surface area contributed by atoms with Crippen LogP contribution in [0.25, 0.3) is 11.1 Å². The van der Waals surface area contributed by atoms with Gasteiger partial charge in [-0.2, -0.15) is 4.98 Å². The Bertz CT molecular complexity index is 1360. The van der Waals surface area contributed by atoms with Crippen LogP contribution >= 0.6 is 0 Å². The lowest BCUT2D eigenvalue weighted by Crippen LogP contribution is -2.38. The lowest BCUT2D eigenvalue weighted by molar-refractivity contribution is 0.168. The quantitative estimate of drug-likeness (QED) is 0.415. The molecule has 0 radical (unpaired) electrons. The molecule has 1 aliphatic heterocycles. The van der Waals surface area contributed by atoms with Gasteiger partial charge in [-0.1, -0.05) is 30.3 Å². The summed E-state index contributed by atoms with van der Waals surface area (Å²) in [7, 11) is -3.56. The number of pyridine rings is 1. The number of aromatic nitrogens is 2. The number of piperidine rings is 1. The van der Waals surface area contributed by atoms with Gasteiger partial charge < -0.3 is 14.1 Å². The number of benzene rings is 2. The molecular formula is C25H25N3O4S. The number of fused-ring (bicyclic) bond motifs is 1. The Morgan fingerprint density at radius 1 is 1.06 bits per heavy atom. The van der Waals surface area contributed by atoms with Gasteiger partial charge in [-0.25, -0.2) is 13.4 Å². The first kappa shape index (κ1) is 21.5. The number of ether oxygens (including phenoxy) is 1. The molecule has 0 N–H and O–H groups in total. The van der Waals surface area contributed by atoms with E-state index >= 15 is 0 Å². The Balaban J connectivity index is 1.25. The molecule has 170 valence electrons. The van der Waals surface area contributed by atoms with Gasteiger partial charge in [-0.15, -0.1) is 0 Å². The highest BCUT2D eigenvalue weighted by atomic mass is 32.2. The van der Waals surface area contributed by atoms with E-state index in [4.69, 9.17) is 9.15 Å². The van der Waals surface area contributed by atoms with Crippen molar-refractivity contribution >= 4 is 27.0 Å². The lowest BCUT2D eigenvalue weighted by Gasteiger charge is -2.31. The summed E-state index contributed by atoms with van der Waals surface area (Å²) in [5.74, 6) is 0.453. The molecule has 0 amide bonds. The fourth-order valence-electron chi connectivity index (χ4n) is 4.05. The molecule has 7 nitrogen and oxygen atoms in total. The molecular weight excluding hydrogens is 438 g/mol. The number of aryl methyl sites for hydroxylation is 1. The van der Waals surface area contributed by atoms with Gasteiger partial charge in [0, 0.05) is 37.7 Å². The van der Waals surface area contributed by atoms with Crippen LogP contribution in [-0.2, 0) is 15.6 Å². The Morgan fingerprint density at radius 3 is 2.64 bits per heavy atom. The summed E-state index contributed by atoms with van der Waals surface area (Å²) >= 11 is 0. The van der Waals surface area contributed by atoms with E-state index < -0.39 is 9.84 Å². The number of para-hydroxylation sites is 1. The molecule has 0 bridgehead atoms. The van der Waals surface area contributed by atoms with E-state index in [1.165, 1.54) is 12.3 Å². The van der Waals surface area contributed by atoms with Crippen LogP contribution < -0.4 is 9.64 Å². The summed E-state index contributed by atoms with van der Waals surface area (Å²) in [4.78, 5) is 10.7. The van der Waals surface area contributed by atoms with Crippen LogP contribution in [0, 0.1) is 6.92 Å². The average Bonchev–Trinajstić information content (AvgIpc) is 3.24. The molecule has 1 saturated heterocycles. The zero-order valence-corrected chi connectivity index (χ0v) is 19.2. The highest BCUT2D eigenvalue weighted by Gasteiger charge is 2.25. The van der Waals surface area contributed by atoms with Crippen molar-refractivity contribution in [3.63, 3.8) is 0 Å². The maximum absolute atomic E-state index is 12.8. The van der Waals surface area contributed by atoms with Crippen LogP contribution in [0.2, 0.25) is 0 Å². The van der Waals surface area contributed by atoms with Crippen LogP contribution in [0.3, 0.4) is 0 Å². The predicted octanol–water partition coefficient (Wildman–Crippen LogP) is 4.55. The molecule has 0 saturated carbocycles. The van der Waals surface area contributed by atoms with Crippen molar-refractivity contribution in [1.29, 1.82) is 0 Å². The maximum atomic E-state index is 12.8. The summed E-state index contributed by atoms with van der Waals surface area (Å²) in [5, 5.41) is 0.0710. The van der Waals surface area contributed by atoms with Gasteiger partial charge in [-0.3, -0.25) is 0 Å². The van der Waals surface area contributed by atoms with Crippen molar-refractivity contribution < 1.29 is 17.6 Å². The highest BCUT2D eigenvalue weighted by molar-refractivity contribution is 7.90. The van der Waals surface area contributed by atoms with E-state index in [-0.39, 0.29) is 16.9 Å². The third kappa shape index (κ3) is 4.71. The number of nitrogens with zero attached hydrogens (tertiary/aromatic N) is 3. The Morgan fingerprint density at radius 2 is 1.85 bits per heavy atom. The van der Waals surface area contributed by atoms with Gasteiger partial charge >= 0.3 is 0 Å². The molecule has 4 aromatic rings. The molecule has 5 rings (SSSR count). The van der Waals surface area contributed by atoms with Crippen molar-refractivity contribution in [2.45, 2.75) is 36.6 Å². The fraction of sp³-hybridized carbons (Fsp3) is 0.280. The van der Waals surface area contributed by atoms with Crippen LogP contribution in [0.15, 0.2) is 76.3 Å². The van der Waals surface area contributed by atoms with E-state index in [1.807, 2.05) is 43.3 Å². The SMILES string of the molecule is Cc1ccc2nc(N3CCC(Oc4ccccc4CS(=O)(=O)c4ccccn4)CC3)oc2c1. The first-order valence-corrected chi connectivity index (χ1v) is 12.6. The monoisotopic (exact) mass is 463 g/mol. The fourth-order valence-corrected chi connectivity index (χ4v) is 5.35. The molecule has 3 heterocycles. The number of oxazole rings is 1. The Kier molecular flexibility index (Phi) is 5.76. The second-order valence-corrected chi connectivity index (χ2v) is 10.2. The van der Waals surface area contributed by atoms with E-state index in [2.05, 4.69) is 14.9 Å². The highest BCUT2D eigenvalue weighted by Crippen LogP contribution is 2.29. The number of hydrogen-bond acceptors (Lipinski definition) is 7. The number of hydrogen-bond donors (Lipinski definition) is 0. The van der Waals surface area contributed by atoms with Gasteiger partial charge in [0.2, 0.25) is 0 Å². The van der Waals surface area contributed by atoms with Gasteiger partial charge in [0.25, 0.3) is 6.01 Å². The lowest BCUT2D eigenvalue weighted by atomic mass is 10.1. The minimum Gasteiger partial charge on any atom is -0.490 e. The zero-order chi connectivity index (χ0) is 22.8. The smallest absolute Gasteiger partial charge is 0.298 e. The molecule has 8 heteroatoms. The third-order valence-corrected chi connectivity index (χ3v) is 7.38. The largest absolute Gasteiger partial charge is 0.490 e. The van der Waals surface area contributed by atoms with Crippen molar-refractivity contribution in [2.75, 3.05) is 18.0 Å². The second-order valence-electron chi connectivity index (χ2n) is 8.31. The molecule has 1 aliphatic rings. The van der Waals surface area contributed by atoms with Crippen LogP contribution in [0.4, 0.5) is 6.01 Å². The molecule has 1 fully saturated rings. The first-order chi connectivity index (χ1) is 16.0. The zero-order valence-electron chi connectivity index (χ0n) is 18.3. The van der Waals surface area contributed by atoms with Crippen molar-refractivity contribution in [1.82, 2.24) is 9.97 Å². The van der Waals surface area contributed by atoms with Gasteiger partial charge in [0.15, 0.2) is 20.4 Å². The summed E-state index contributed by atoms with van der Waals surface area (Å²) in [6.45, 7) is 3.54. The number of rotatable bonds is 6. The maximum Gasteiger partial charge on any atom is 0.298 e. The summed E-state index contributed by atoms with van der Waals surface area (Å²) in [6, 6.07) is 18.8. The van der Waals surface area contributed by atoms with Gasteiger partial charge in [-0.05, 0) is 42.8 Å². The van der Waals surface area contributed by atoms with E-state index in [0.29, 0.717) is 17.3 Å². The average molecular weight is 464 g/mol. The first-order valence-electron chi connectivity index (χ1n) is 11.0. The van der Waals surface area contributed by atoms with Crippen molar-refractivity contribution in [3.8, 4) is 5.75 Å². The van der Waals surface area contributed by atoms with Gasteiger partial charge in [0.05, 0.1) is 5.75 Å². The minimum atomic E-state index is -3.56. The van der Waals surface area contributed by atoms with E-state index in [0.717, 1.165) is 42.6 Å². The van der Waals surface area contributed by atoms with E-state index in [9.17, 15) is 8.42 Å². The van der Waals surface area contributed by atoms with Crippen LogP contribution in [-0.4, -0.2) is 37.6 Å². The summed E-state index contributed by atoms with van der Waals surface area (Å²) in [5.41, 5.74) is 3.43. The van der Waals surface area contributed by atoms with Crippen LogP contribution in [0.1, 0.15) is 24.0 Å². The molecule has 0 atom stereocenters. The Hall–Kier alpha value is -3.39. The molecule has 2 aromatic heterocycles. The van der Waals surface area contributed by atoms with Crippen LogP contribution in [0.5, 0.6) is 5.75 Å². The molecule has 0 aliphatic carbocycles. The van der Waals surface area contributed by atoms with Crippen molar-refractivity contribution in [2.24, 2.45) is 0 Å². The second kappa shape index (κ2) is 8.86. The number of sulfone groups is 1. The van der Waals surface area contributed by atoms with E-state index in [1.54, 1.807) is 18.2 Å². The minimum absolute atomic E-state index is 0.00780.